The van der Waals surface area contributed by atoms with Crippen molar-refractivity contribution >= 4 is 34.4 Å². The number of ketones is 1. The third-order valence-corrected chi connectivity index (χ3v) is 4.32. The highest BCUT2D eigenvalue weighted by molar-refractivity contribution is 7.98. The Morgan fingerprint density at radius 3 is 2.36 bits per heavy atom. The number of carbonyl (C=O) groups excluding carboxylic acids is 1. The van der Waals surface area contributed by atoms with Crippen LogP contribution in [0.5, 0.6) is 0 Å². The quantitative estimate of drug-likeness (QED) is 0.362. The van der Waals surface area contributed by atoms with E-state index in [1.807, 2.05) is 54.8 Å². The number of benzene rings is 3. The van der Waals surface area contributed by atoms with E-state index in [4.69, 9.17) is 0 Å². The number of hydrogen-bond donors (Lipinski definition) is 0. The maximum Gasteiger partial charge on any atom is 0.185 e. The van der Waals surface area contributed by atoms with Gasteiger partial charge in [-0.25, -0.2) is 0 Å². The fraction of sp³-hybridized carbons (Fsp3) is 0.0500. The molecular weight excluding hydrogens is 288 g/mol. The molecule has 0 aliphatic rings. The number of thioether (sulfide) groups is 1. The highest BCUT2D eigenvalue weighted by Gasteiger charge is 2.01. The lowest BCUT2D eigenvalue weighted by molar-refractivity contribution is 0.104. The molecule has 0 aromatic heterocycles. The summed E-state index contributed by atoms with van der Waals surface area (Å²) < 4.78 is 0. The molecule has 22 heavy (non-hydrogen) atoms. The van der Waals surface area contributed by atoms with Crippen molar-refractivity contribution < 1.29 is 4.79 Å². The summed E-state index contributed by atoms with van der Waals surface area (Å²) in [6.07, 6.45) is 5.53. The normalized spacial score (nSPS) is 11.1. The van der Waals surface area contributed by atoms with Crippen LogP contribution in [0.15, 0.2) is 77.7 Å². The Labute approximate surface area is 134 Å². The summed E-state index contributed by atoms with van der Waals surface area (Å²) in [5, 5.41) is 2.39. The van der Waals surface area contributed by atoms with Gasteiger partial charge in [-0.3, -0.25) is 4.79 Å². The molecule has 2 heteroatoms. The molecule has 0 saturated carbocycles. The molecule has 3 rings (SSSR count). The van der Waals surface area contributed by atoms with Gasteiger partial charge in [0.2, 0.25) is 0 Å². The zero-order chi connectivity index (χ0) is 15.4. The van der Waals surface area contributed by atoms with E-state index in [0.29, 0.717) is 0 Å². The van der Waals surface area contributed by atoms with Crippen molar-refractivity contribution in [2.75, 3.05) is 6.26 Å². The van der Waals surface area contributed by atoms with E-state index in [1.54, 1.807) is 17.8 Å². The summed E-state index contributed by atoms with van der Waals surface area (Å²) in [5.74, 6) is 0.0285. The summed E-state index contributed by atoms with van der Waals surface area (Å²) in [5.41, 5.74) is 1.75. The second-order valence-electron chi connectivity index (χ2n) is 5.03. The lowest BCUT2D eigenvalue weighted by Gasteiger charge is -2.00. The smallest absolute Gasteiger partial charge is 0.185 e. The standard InChI is InChI=1S/C20H16OS/c1-22-19-11-9-17(10-12-19)20(21)13-7-15-6-8-16-4-2-3-5-18(16)14-15/h2-14H,1H3/b13-7+. The van der Waals surface area contributed by atoms with E-state index in [2.05, 4.69) is 24.3 Å². The summed E-state index contributed by atoms with van der Waals surface area (Å²) in [6.45, 7) is 0. The Morgan fingerprint density at radius 2 is 1.64 bits per heavy atom. The molecule has 3 aromatic carbocycles. The number of carbonyl (C=O) groups is 1. The van der Waals surface area contributed by atoms with Gasteiger partial charge in [-0.15, -0.1) is 11.8 Å². The van der Waals surface area contributed by atoms with Crippen molar-refractivity contribution in [3.05, 3.63) is 83.9 Å². The van der Waals surface area contributed by atoms with Crippen molar-refractivity contribution in [2.45, 2.75) is 4.90 Å². The highest BCUT2D eigenvalue weighted by atomic mass is 32.2. The Hall–Kier alpha value is -2.32. The summed E-state index contributed by atoms with van der Waals surface area (Å²) >= 11 is 1.67. The zero-order valence-corrected chi connectivity index (χ0v) is 13.1. The van der Waals surface area contributed by atoms with Crippen molar-refractivity contribution in [3.8, 4) is 0 Å². The third kappa shape index (κ3) is 3.29. The molecule has 1 nitrogen and oxygen atoms in total. The lowest BCUT2D eigenvalue weighted by atomic mass is 10.1. The van der Waals surface area contributed by atoms with Crippen molar-refractivity contribution in [1.82, 2.24) is 0 Å². The average molecular weight is 304 g/mol. The molecule has 0 aliphatic heterocycles. The fourth-order valence-corrected chi connectivity index (χ4v) is 2.74. The van der Waals surface area contributed by atoms with E-state index < -0.39 is 0 Å². The fourth-order valence-electron chi connectivity index (χ4n) is 2.33. The molecule has 0 radical (unpaired) electrons. The first-order valence-electron chi connectivity index (χ1n) is 7.11. The van der Waals surface area contributed by atoms with Gasteiger partial charge in [0.1, 0.15) is 0 Å². The number of fused-ring (bicyclic) bond motifs is 1. The van der Waals surface area contributed by atoms with Gasteiger partial charge in [-0.2, -0.15) is 0 Å². The third-order valence-electron chi connectivity index (χ3n) is 3.58. The molecule has 0 saturated heterocycles. The molecule has 0 amide bonds. The molecule has 0 heterocycles. The van der Waals surface area contributed by atoms with E-state index in [1.165, 1.54) is 10.8 Å². The van der Waals surface area contributed by atoms with Crippen LogP contribution in [0.25, 0.3) is 16.8 Å². The van der Waals surface area contributed by atoms with Crippen molar-refractivity contribution in [1.29, 1.82) is 0 Å². The van der Waals surface area contributed by atoms with Crippen LogP contribution in [0.3, 0.4) is 0 Å². The Balaban J connectivity index is 1.80. The number of allylic oxidation sites excluding steroid dienone is 1. The maximum atomic E-state index is 12.2. The Bertz CT molecular complexity index is 832. The highest BCUT2D eigenvalue weighted by Crippen LogP contribution is 2.18. The van der Waals surface area contributed by atoms with Crippen LogP contribution in [0, 0.1) is 0 Å². The molecule has 0 fully saturated rings. The molecule has 0 aliphatic carbocycles. The first-order valence-corrected chi connectivity index (χ1v) is 8.34. The second-order valence-corrected chi connectivity index (χ2v) is 5.91. The molecule has 3 aromatic rings. The largest absolute Gasteiger partial charge is 0.289 e. The van der Waals surface area contributed by atoms with E-state index in [9.17, 15) is 4.79 Å². The minimum Gasteiger partial charge on any atom is -0.289 e. The van der Waals surface area contributed by atoms with Crippen LogP contribution >= 0.6 is 11.8 Å². The molecule has 0 spiro atoms. The van der Waals surface area contributed by atoms with Crippen molar-refractivity contribution in [3.63, 3.8) is 0 Å². The van der Waals surface area contributed by atoms with E-state index >= 15 is 0 Å². The second kappa shape index (κ2) is 6.63. The van der Waals surface area contributed by atoms with E-state index in [0.717, 1.165) is 16.0 Å². The average Bonchev–Trinajstić information content (AvgIpc) is 2.59. The number of rotatable bonds is 4. The van der Waals surface area contributed by atoms with Gasteiger partial charge < -0.3 is 0 Å². The molecular formula is C20H16OS. The van der Waals surface area contributed by atoms with Crippen LogP contribution < -0.4 is 0 Å². The predicted molar refractivity (Wildman–Crippen MR) is 95.5 cm³/mol. The van der Waals surface area contributed by atoms with Crippen LogP contribution in [0.1, 0.15) is 15.9 Å². The predicted octanol–water partition coefficient (Wildman–Crippen LogP) is 5.46. The summed E-state index contributed by atoms with van der Waals surface area (Å²) in [4.78, 5) is 13.3. The molecule has 0 N–H and O–H groups in total. The maximum absolute atomic E-state index is 12.2. The van der Waals surface area contributed by atoms with Gasteiger partial charge in [0.15, 0.2) is 5.78 Å². The minimum absolute atomic E-state index is 0.0285. The van der Waals surface area contributed by atoms with Gasteiger partial charge in [-0.05, 0) is 59.0 Å². The summed E-state index contributed by atoms with van der Waals surface area (Å²) in [6, 6.07) is 22.1. The van der Waals surface area contributed by atoms with Crippen LogP contribution in [-0.4, -0.2) is 12.0 Å². The SMILES string of the molecule is CSc1ccc(C(=O)/C=C/c2ccc3ccccc3c2)cc1. The van der Waals surface area contributed by atoms with Gasteiger partial charge in [-0.1, -0.05) is 42.5 Å². The van der Waals surface area contributed by atoms with E-state index in [-0.39, 0.29) is 5.78 Å². The van der Waals surface area contributed by atoms with Gasteiger partial charge in [0, 0.05) is 10.5 Å². The molecule has 108 valence electrons. The van der Waals surface area contributed by atoms with Crippen LogP contribution in [-0.2, 0) is 0 Å². The first kappa shape index (κ1) is 14.6. The monoisotopic (exact) mass is 304 g/mol. The molecule has 0 atom stereocenters. The first-order chi connectivity index (χ1) is 10.8. The van der Waals surface area contributed by atoms with Crippen molar-refractivity contribution in [2.24, 2.45) is 0 Å². The van der Waals surface area contributed by atoms with Crippen LogP contribution in [0.4, 0.5) is 0 Å². The van der Waals surface area contributed by atoms with Gasteiger partial charge in [0.25, 0.3) is 0 Å². The Kier molecular flexibility index (Phi) is 4.40. The summed E-state index contributed by atoms with van der Waals surface area (Å²) in [7, 11) is 0. The molecule has 0 bridgehead atoms. The molecule has 0 unspecified atom stereocenters. The van der Waals surface area contributed by atoms with Gasteiger partial charge >= 0.3 is 0 Å². The lowest BCUT2D eigenvalue weighted by Crippen LogP contribution is -1.93. The van der Waals surface area contributed by atoms with Gasteiger partial charge in [0.05, 0.1) is 0 Å². The minimum atomic E-state index is 0.0285. The van der Waals surface area contributed by atoms with Crippen LogP contribution in [0.2, 0.25) is 0 Å². The number of hydrogen-bond acceptors (Lipinski definition) is 2. The Morgan fingerprint density at radius 1 is 0.909 bits per heavy atom. The zero-order valence-electron chi connectivity index (χ0n) is 12.3. The topological polar surface area (TPSA) is 17.1 Å².